The second kappa shape index (κ2) is 9.79. The normalized spacial score (nSPS) is 14.7. The van der Waals surface area contributed by atoms with E-state index in [-0.39, 0.29) is 30.1 Å². The Balaban J connectivity index is 1.39. The smallest absolute Gasteiger partial charge is 0.293 e. The monoisotopic (exact) mass is 462 g/mol. The Morgan fingerprint density at radius 3 is 2.48 bits per heavy atom. The molecule has 4 rings (SSSR count). The topological polar surface area (TPSA) is 84.9 Å². The van der Waals surface area contributed by atoms with Crippen molar-refractivity contribution in [3.63, 3.8) is 0 Å². The van der Waals surface area contributed by atoms with Gasteiger partial charge in [0.15, 0.2) is 11.5 Å². The summed E-state index contributed by atoms with van der Waals surface area (Å²) < 4.78 is 10.5. The molecule has 1 aliphatic rings. The number of nitrogens with one attached hydrogen (secondary N) is 1. The van der Waals surface area contributed by atoms with Crippen LogP contribution in [0.5, 0.6) is 11.5 Å². The fraction of sp³-hybridized carbons (Fsp3) is 0.160. The lowest BCUT2D eigenvalue weighted by Crippen LogP contribution is -2.37. The Bertz CT molecular complexity index is 1270. The second-order valence-corrected chi connectivity index (χ2v) is 8.26. The molecule has 168 valence electrons. The SMILES string of the molecule is COc1ccc(/C=C2\SC(=O)N(CCNC(=O)c3ccc4ccccc4c3)C2=O)cc1OC. The number of nitrogens with zero attached hydrogens (tertiary/aromatic N) is 1. The summed E-state index contributed by atoms with van der Waals surface area (Å²) in [7, 11) is 3.07. The van der Waals surface area contributed by atoms with Gasteiger partial charge >= 0.3 is 0 Å². The van der Waals surface area contributed by atoms with Gasteiger partial charge in [0.25, 0.3) is 17.1 Å². The van der Waals surface area contributed by atoms with E-state index >= 15 is 0 Å². The number of imide groups is 1. The summed E-state index contributed by atoms with van der Waals surface area (Å²) in [4.78, 5) is 39.1. The number of rotatable bonds is 7. The van der Waals surface area contributed by atoms with E-state index in [2.05, 4.69) is 5.32 Å². The minimum atomic E-state index is -0.389. The van der Waals surface area contributed by atoms with Gasteiger partial charge in [0, 0.05) is 18.7 Å². The lowest BCUT2D eigenvalue weighted by atomic mass is 10.1. The van der Waals surface area contributed by atoms with Gasteiger partial charge in [-0.3, -0.25) is 19.3 Å². The zero-order valence-corrected chi connectivity index (χ0v) is 19.0. The van der Waals surface area contributed by atoms with Gasteiger partial charge < -0.3 is 14.8 Å². The number of carbonyl (C=O) groups excluding carboxylic acids is 3. The quantitative estimate of drug-likeness (QED) is 0.527. The molecule has 7 nitrogen and oxygen atoms in total. The van der Waals surface area contributed by atoms with E-state index < -0.39 is 0 Å². The zero-order chi connectivity index (χ0) is 23.4. The summed E-state index contributed by atoms with van der Waals surface area (Å²) in [5.74, 6) is 0.458. The van der Waals surface area contributed by atoms with Gasteiger partial charge in [-0.15, -0.1) is 0 Å². The average molecular weight is 463 g/mol. The van der Waals surface area contributed by atoms with E-state index in [4.69, 9.17) is 9.47 Å². The van der Waals surface area contributed by atoms with E-state index in [0.29, 0.717) is 27.5 Å². The van der Waals surface area contributed by atoms with Crippen LogP contribution in [0.4, 0.5) is 4.79 Å². The summed E-state index contributed by atoms with van der Waals surface area (Å²) in [5.41, 5.74) is 1.24. The molecule has 0 aromatic heterocycles. The van der Waals surface area contributed by atoms with Crippen LogP contribution in [-0.2, 0) is 4.79 Å². The number of benzene rings is 3. The molecule has 3 amide bonds. The molecule has 8 heteroatoms. The van der Waals surface area contributed by atoms with Crippen molar-refractivity contribution in [1.82, 2.24) is 10.2 Å². The number of hydrogen-bond donors (Lipinski definition) is 1. The number of methoxy groups -OCH3 is 2. The van der Waals surface area contributed by atoms with Crippen LogP contribution >= 0.6 is 11.8 Å². The fourth-order valence-corrected chi connectivity index (χ4v) is 4.37. The van der Waals surface area contributed by atoms with E-state index in [1.807, 2.05) is 36.4 Å². The predicted molar refractivity (Wildman–Crippen MR) is 129 cm³/mol. The standard InChI is InChI=1S/C25H22N2O5S/c1-31-20-10-7-16(13-21(20)32-2)14-22-24(29)27(25(30)33-22)12-11-26-23(28)19-9-8-17-5-3-4-6-18(17)15-19/h3-10,13-15H,11-12H2,1-2H3,(H,26,28)/b22-14-. The molecule has 0 saturated carbocycles. The Morgan fingerprint density at radius 1 is 0.970 bits per heavy atom. The van der Waals surface area contributed by atoms with Crippen molar-refractivity contribution in [1.29, 1.82) is 0 Å². The average Bonchev–Trinajstić information content (AvgIpc) is 3.10. The maximum absolute atomic E-state index is 12.7. The summed E-state index contributed by atoms with van der Waals surface area (Å²) >= 11 is 0.870. The highest BCUT2D eigenvalue weighted by atomic mass is 32.2. The number of thioether (sulfide) groups is 1. The molecule has 1 N–H and O–H groups in total. The van der Waals surface area contributed by atoms with Gasteiger partial charge in [-0.1, -0.05) is 36.4 Å². The van der Waals surface area contributed by atoms with Crippen LogP contribution < -0.4 is 14.8 Å². The van der Waals surface area contributed by atoms with Gasteiger partial charge in [-0.25, -0.2) is 0 Å². The van der Waals surface area contributed by atoms with Crippen LogP contribution in [0.1, 0.15) is 15.9 Å². The first kappa shape index (κ1) is 22.4. The van der Waals surface area contributed by atoms with Crippen molar-refractivity contribution in [3.05, 3.63) is 76.7 Å². The first-order valence-electron chi connectivity index (χ1n) is 10.2. The molecule has 33 heavy (non-hydrogen) atoms. The van der Waals surface area contributed by atoms with Gasteiger partial charge in [-0.05, 0) is 58.4 Å². The largest absolute Gasteiger partial charge is 0.493 e. The van der Waals surface area contributed by atoms with Crippen molar-refractivity contribution < 1.29 is 23.9 Å². The van der Waals surface area contributed by atoms with Crippen LogP contribution in [0.3, 0.4) is 0 Å². The predicted octanol–water partition coefficient (Wildman–Crippen LogP) is 4.32. The van der Waals surface area contributed by atoms with E-state index in [9.17, 15) is 14.4 Å². The van der Waals surface area contributed by atoms with E-state index in [0.717, 1.165) is 27.4 Å². The minimum Gasteiger partial charge on any atom is -0.493 e. The number of amides is 3. The first-order chi connectivity index (χ1) is 16.0. The Hall–Kier alpha value is -3.78. The summed E-state index contributed by atoms with van der Waals surface area (Å²) in [5, 5.41) is 4.43. The highest BCUT2D eigenvalue weighted by Gasteiger charge is 2.34. The van der Waals surface area contributed by atoms with Crippen LogP contribution in [-0.4, -0.2) is 49.3 Å². The molecule has 0 unspecified atom stereocenters. The molecule has 3 aromatic rings. The molecule has 0 bridgehead atoms. The van der Waals surface area contributed by atoms with Crippen molar-refractivity contribution in [3.8, 4) is 11.5 Å². The number of carbonyl (C=O) groups is 3. The summed E-state index contributed by atoms with van der Waals surface area (Å²) in [6, 6.07) is 18.5. The molecule has 3 aromatic carbocycles. The van der Waals surface area contributed by atoms with Gasteiger partial charge in [0.1, 0.15) is 0 Å². The molecule has 0 aliphatic carbocycles. The van der Waals surface area contributed by atoms with Crippen molar-refractivity contribution in [2.24, 2.45) is 0 Å². The number of fused-ring (bicyclic) bond motifs is 1. The van der Waals surface area contributed by atoms with Gasteiger partial charge in [0.2, 0.25) is 0 Å². The molecule has 0 radical (unpaired) electrons. The molecule has 0 spiro atoms. The maximum atomic E-state index is 12.7. The zero-order valence-electron chi connectivity index (χ0n) is 18.2. The summed E-state index contributed by atoms with van der Waals surface area (Å²) in [6.07, 6.45) is 1.64. The third kappa shape index (κ3) is 4.85. The van der Waals surface area contributed by atoms with Crippen LogP contribution in [0, 0.1) is 0 Å². The van der Waals surface area contributed by atoms with E-state index in [1.54, 1.807) is 37.5 Å². The first-order valence-corrected chi connectivity index (χ1v) is 11.1. The molecule has 1 aliphatic heterocycles. The molecular weight excluding hydrogens is 440 g/mol. The highest BCUT2D eigenvalue weighted by molar-refractivity contribution is 8.18. The molecule has 0 atom stereocenters. The van der Waals surface area contributed by atoms with Crippen molar-refractivity contribution in [2.45, 2.75) is 0 Å². The third-order valence-electron chi connectivity index (χ3n) is 5.21. The lowest BCUT2D eigenvalue weighted by molar-refractivity contribution is -0.122. The van der Waals surface area contributed by atoms with Gasteiger partial charge in [-0.2, -0.15) is 0 Å². The molecule has 1 fully saturated rings. The Labute approximate surface area is 195 Å². The van der Waals surface area contributed by atoms with Crippen LogP contribution in [0.25, 0.3) is 16.8 Å². The molecular formula is C25H22N2O5S. The van der Waals surface area contributed by atoms with Crippen molar-refractivity contribution in [2.75, 3.05) is 27.3 Å². The number of ether oxygens (including phenoxy) is 2. The van der Waals surface area contributed by atoms with Crippen LogP contribution in [0.2, 0.25) is 0 Å². The number of hydrogen-bond acceptors (Lipinski definition) is 6. The Kier molecular flexibility index (Phi) is 6.65. The lowest BCUT2D eigenvalue weighted by Gasteiger charge is -2.13. The highest BCUT2D eigenvalue weighted by Crippen LogP contribution is 2.34. The minimum absolute atomic E-state index is 0.0905. The fourth-order valence-electron chi connectivity index (χ4n) is 3.50. The Morgan fingerprint density at radius 2 is 1.73 bits per heavy atom. The van der Waals surface area contributed by atoms with Crippen LogP contribution in [0.15, 0.2) is 65.6 Å². The van der Waals surface area contributed by atoms with Gasteiger partial charge in [0.05, 0.1) is 19.1 Å². The molecule has 1 saturated heterocycles. The second-order valence-electron chi connectivity index (χ2n) is 7.27. The summed E-state index contributed by atoms with van der Waals surface area (Å²) in [6.45, 7) is 0.251. The molecule has 1 heterocycles. The van der Waals surface area contributed by atoms with Crippen molar-refractivity contribution >= 4 is 45.7 Å². The van der Waals surface area contributed by atoms with E-state index in [1.165, 1.54) is 7.11 Å². The third-order valence-corrected chi connectivity index (χ3v) is 6.12. The maximum Gasteiger partial charge on any atom is 0.293 e.